The first kappa shape index (κ1) is 14.3. The number of hydrogen-bond donors (Lipinski definition) is 2. The fraction of sp³-hybridized carbons (Fsp3) is 0.364. The third-order valence-electron chi connectivity index (χ3n) is 2.86. The molecule has 6 nitrogen and oxygen atoms in total. The van der Waals surface area contributed by atoms with Gasteiger partial charge in [0, 0.05) is 18.1 Å². The second-order valence-electron chi connectivity index (χ2n) is 4.32. The molecule has 0 unspecified atom stereocenters. The zero-order valence-corrected chi connectivity index (χ0v) is 11.7. The summed E-state index contributed by atoms with van der Waals surface area (Å²) in [5.41, 5.74) is 2.66. The van der Waals surface area contributed by atoms with Gasteiger partial charge in [0.25, 0.3) is 5.91 Å². The molecule has 1 fully saturated rings. The van der Waals surface area contributed by atoms with Crippen molar-refractivity contribution in [1.29, 1.82) is 0 Å². The van der Waals surface area contributed by atoms with E-state index in [1.807, 2.05) is 0 Å². The molecule has 1 saturated heterocycles. The maximum absolute atomic E-state index is 12.1. The number of hydrogen-bond acceptors (Lipinski definition) is 4. The van der Waals surface area contributed by atoms with E-state index in [9.17, 15) is 13.2 Å². The fourth-order valence-corrected chi connectivity index (χ4v) is 2.95. The lowest BCUT2D eigenvalue weighted by molar-refractivity contribution is 0.0822. The van der Waals surface area contributed by atoms with Crippen molar-refractivity contribution in [2.75, 3.05) is 13.1 Å². The first-order valence-electron chi connectivity index (χ1n) is 5.76. The summed E-state index contributed by atoms with van der Waals surface area (Å²) in [6.07, 6.45) is 2.01. The quantitative estimate of drug-likeness (QED) is 0.861. The molecule has 0 atom stereocenters. The molecule has 2 rings (SSSR count). The van der Waals surface area contributed by atoms with Crippen LogP contribution in [0.3, 0.4) is 0 Å². The van der Waals surface area contributed by atoms with Gasteiger partial charge >= 0.3 is 0 Å². The molecule has 0 radical (unpaired) electrons. The average Bonchev–Trinajstić information content (AvgIpc) is 2.80. The van der Waals surface area contributed by atoms with E-state index in [0.717, 1.165) is 25.9 Å². The molecule has 0 spiro atoms. The highest BCUT2D eigenvalue weighted by Crippen LogP contribution is 2.20. The molecule has 0 aliphatic carbocycles. The molecule has 0 saturated carbocycles. The molecule has 8 heteroatoms. The van der Waals surface area contributed by atoms with Crippen molar-refractivity contribution in [2.24, 2.45) is 5.14 Å². The Hall–Kier alpha value is -1.15. The molecule has 19 heavy (non-hydrogen) atoms. The number of primary sulfonamides is 1. The molecule has 0 bridgehead atoms. The number of nitrogens with zero attached hydrogens (tertiary/aromatic N) is 1. The lowest BCUT2D eigenvalue weighted by Crippen LogP contribution is -2.40. The Morgan fingerprint density at radius 2 is 1.95 bits per heavy atom. The molecule has 1 aliphatic rings. The number of halogens is 1. The van der Waals surface area contributed by atoms with Crippen molar-refractivity contribution in [3.8, 4) is 0 Å². The predicted octanol–water partition coefficient (Wildman–Crippen LogP) is 0.728. The van der Waals surface area contributed by atoms with Gasteiger partial charge in [-0.1, -0.05) is 11.6 Å². The maximum atomic E-state index is 12.1. The molecule has 1 amide bonds. The Bertz CT molecular complexity index is 597. The third-order valence-corrected chi connectivity index (χ3v) is 4.05. The summed E-state index contributed by atoms with van der Waals surface area (Å²) in [7, 11) is -4.00. The van der Waals surface area contributed by atoms with Crippen molar-refractivity contribution < 1.29 is 13.2 Å². The summed E-state index contributed by atoms with van der Waals surface area (Å²) in [5.74, 6) is -0.498. The van der Waals surface area contributed by atoms with E-state index >= 15 is 0 Å². The smallest absolute Gasteiger partial charge is 0.266 e. The van der Waals surface area contributed by atoms with Crippen LogP contribution in [0.4, 0.5) is 0 Å². The summed E-state index contributed by atoms with van der Waals surface area (Å²) in [6.45, 7) is 1.51. The van der Waals surface area contributed by atoms with Gasteiger partial charge in [0.1, 0.15) is 0 Å². The number of nitrogens with one attached hydrogen (secondary N) is 1. The predicted molar refractivity (Wildman–Crippen MR) is 71.1 cm³/mol. The van der Waals surface area contributed by atoms with Crippen LogP contribution in [-0.2, 0) is 10.0 Å². The highest BCUT2D eigenvalue weighted by molar-refractivity contribution is 7.89. The number of benzene rings is 1. The van der Waals surface area contributed by atoms with Crippen molar-refractivity contribution >= 4 is 27.5 Å². The van der Waals surface area contributed by atoms with E-state index in [1.165, 1.54) is 18.2 Å². The van der Waals surface area contributed by atoms with E-state index in [-0.39, 0.29) is 15.5 Å². The number of hydrazine groups is 1. The summed E-state index contributed by atoms with van der Waals surface area (Å²) in [5, 5.41) is 7.06. The first-order chi connectivity index (χ1) is 8.88. The van der Waals surface area contributed by atoms with E-state index in [2.05, 4.69) is 5.43 Å². The second kappa shape index (κ2) is 5.46. The van der Waals surface area contributed by atoms with Crippen LogP contribution in [-0.4, -0.2) is 32.4 Å². The molecule has 3 N–H and O–H groups in total. The van der Waals surface area contributed by atoms with Gasteiger partial charge in [-0.15, -0.1) is 0 Å². The minimum absolute atomic E-state index is 0.00111. The van der Waals surface area contributed by atoms with E-state index in [1.54, 1.807) is 5.01 Å². The topological polar surface area (TPSA) is 92.5 Å². The van der Waals surface area contributed by atoms with Crippen LogP contribution in [0.25, 0.3) is 0 Å². The number of nitrogens with two attached hydrogens (primary N) is 1. The van der Waals surface area contributed by atoms with Gasteiger partial charge in [-0.05, 0) is 31.0 Å². The molecule has 1 heterocycles. The highest BCUT2D eigenvalue weighted by atomic mass is 35.5. The van der Waals surface area contributed by atoms with Crippen molar-refractivity contribution in [3.05, 3.63) is 28.8 Å². The van der Waals surface area contributed by atoms with Crippen LogP contribution in [0.5, 0.6) is 0 Å². The third kappa shape index (κ3) is 3.44. The zero-order valence-electron chi connectivity index (χ0n) is 10.1. The molecular weight excluding hydrogens is 290 g/mol. The van der Waals surface area contributed by atoms with Gasteiger partial charge < -0.3 is 0 Å². The Morgan fingerprint density at radius 3 is 2.53 bits per heavy atom. The van der Waals surface area contributed by atoms with Crippen molar-refractivity contribution in [2.45, 2.75) is 17.7 Å². The highest BCUT2D eigenvalue weighted by Gasteiger charge is 2.22. The van der Waals surface area contributed by atoms with Crippen molar-refractivity contribution in [1.82, 2.24) is 10.4 Å². The Kier molecular flexibility index (Phi) is 4.10. The van der Waals surface area contributed by atoms with Gasteiger partial charge in [0.05, 0.1) is 10.5 Å². The summed E-state index contributed by atoms with van der Waals surface area (Å²) in [4.78, 5) is 11.8. The standard InChI is InChI=1S/C11H14ClN3O3S/c12-8-3-4-9(10(7-8)19(13,17)18)11(16)14-15-5-1-2-6-15/h3-4,7H,1-2,5-6H2,(H,14,16)(H2,13,17,18). The number of amides is 1. The SMILES string of the molecule is NS(=O)(=O)c1cc(Cl)ccc1C(=O)NN1CCCC1. The molecule has 1 aromatic carbocycles. The van der Waals surface area contributed by atoms with Crippen LogP contribution >= 0.6 is 11.6 Å². The molecule has 1 aromatic rings. The minimum Gasteiger partial charge on any atom is -0.285 e. The van der Waals surface area contributed by atoms with Crippen LogP contribution < -0.4 is 10.6 Å². The number of carbonyl (C=O) groups excluding carboxylic acids is 1. The minimum atomic E-state index is -4.00. The van der Waals surface area contributed by atoms with Gasteiger partial charge in [-0.25, -0.2) is 18.6 Å². The molecule has 1 aliphatic heterocycles. The first-order valence-corrected chi connectivity index (χ1v) is 7.68. The number of carbonyl (C=O) groups is 1. The molecule has 0 aromatic heterocycles. The summed E-state index contributed by atoms with van der Waals surface area (Å²) < 4.78 is 22.9. The van der Waals surface area contributed by atoms with Crippen LogP contribution in [0.2, 0.25) is 5.02 Å². The molecular formula is C11H14ClN3O3S. The van der Waals surface area contributed by atoms with Crippen LogP contribution in [0.1, 0.15) is 23.2 Å². The second-order valence-corrected chi connectivity index (χ2v) is 6.29. The molecule has 104 valence electrons. The Labute approximate surface area is 116 Å². The van der Waals surface area contributed by atoms with E-state index in [0.29, 0.717) is 0 Å². The lowest BCUT2D eigenvalue weighted by atomic mass is 10.2. The van der Waals surface area contributed by atoms with Crippen molar-refractivity contribution in [3.63, 3.8) is 0 Å². The van der Waals surface area contributed by atoms with E-state index in [4.69, 9.17) is 16.7 Å². The van der Waals surface area contributed by atoms with E-state index < -0.39 is 15.9 Å². The number of rotatable bonds is 3. The fourth-order valence-electron chi connectivity index (χ4n) is 1.95. The number of sulfonamides is 1. The van der Waals surface area contributed by atoms with Gasteiger partial charge in [-0.3, -0.25) is 10.2 Å². The Balaban J connectivity index is 2.30. The summed E-state index contributed by atoms with van der Waals surface area (Å²) >= 11 is 5.74. The van der Waals surface area contributed by atoms with Crippen LogP contribution in [0, 0.1) is 0 Å². The normalized spacial score (nSPS) is 16.5. The monoisotopic (exact) mass is 303 g/mol. The summed E-state index contributed by atoms with van der Waals surface area (Å²) in [6, 6.07) is 3.98. The van der Waals surface area contributed by atoms with Gasteiger partial charge in [-0.2, -0.15) is 0 Å². The average molecular weight is 304 g/mol. The zero-order chi connectivity index (χ0) is 14.0. The maximum Gasteiger partial charge on any atom is 0.266 e. The largest absolute Gasteiger partial charge is 0.285 e. The lowest BCUT2D eigenvalue weighted by Gasteiger charge is -2.17. The van der Waals surface area contributed by atoms with Gasteiger partial charge in [0.2, 0.25) is 10.0 Å². The van der Waals surface area contributed by atoms with Crippen LogP contribution in [0.15, 0.2) is 23.1 Å². The van der Waals surface area contributed by atoms with Gasteiger partial charge in [0.15, 0.2) is 0 Å². The Morgan fingerprint density at radius 1 is 1.32 bits per heavy atom.